The third-order valence-corrected chi connectivity index (χ3v) is 7.63. The summed E-state index contributed by atoms with van der Waals surface area (Å²) in [5, 5.41) is 3.50. The highest BCUT2D eigenvalue weighted by Gasteiger charge is 2.27. The number of hydrogen-bond acceptors (Lipinski definition) is 6. The number of primary amides is 1. The number of carbonyl (C=O) groups is 2. The Balaban J connectivity index is 1.71. The zero-order valence-corrected chi connectivity index (χ0v) is 17.6. The molecule has 2 aromatic rings. The van der Waals surface area contributed by atoms with Crippen molar-refractivity contribution in [2.75, 3.05) is 24.7 Å². The predicted molar refractivity (Wildman–Crippen MR) is 110 cm³/mol. The number of carbonyl (C=O) groups excluding carboxylic acids is 2. The van der Waals surface area contributed by atoms with Gasteiger partial charge in [0.15, 0.2) is 9.84 Å². The number of hydrogen-bond donors (Lipinski definition) is 2. The molecule has 7 nitrogen and oxygen atoms in total. The molecule has 1 aliphatic heterocycles. The number of likely N-dealkylation sites (N-methyl/N-ethyl adjacent to an activating group) is 1. The number of nitrogens with zero attached hydrogens (tertiary/aromatic N) is 1. The number of amides is 2. The monoisotopic (exact) mass is 441 g/mol. The maximum Gasteiger partial charge on any atom is 0.251 e. The highest BCUT2D eigenvalue weighted by Crippen LogP contribution is 2.36. The maximum absolute atomic E-state index is 12.4. The molecule has 1 aromatic carbocycles. The molecule has 2 amide bonds. The third-order valence-electron chi connectivity index (χ3n) is 4.52. The van der Waals surface area contributed by atoms with Gasteiger partial charge in [-0.2, -0.15) is 0 Å². The molecular formula is C18H20ClN3O4S2. The number of sulfone groups is 1. The van der Waals surface area contributed by atoms with Crippen LogP contribution in [-0.4, -0.2) is 44.5 Å². The lowest BCUT2D eigenvalue weighted by Gasteiger charge is -2.22. The Bertz CT molecular complexity index is 1020. The van der Waals surface area contributed by atoms with E-state index in [0.29, 0.717) is 28.6 Å². The van der Waals surface area contributed by atoms with Gasteiger partial charge in [0.25, 0.3) is 5.91 Å². The quantitative estimate of drug-likeness (QED) is 0.714. The predicted octanol–water partition coefficient (Wildman–Crippen LogP) is 2.29. The smallest absolute Gasteiger partial charge is 0.251 e. The van der Waals surface area contributed by atoms with Gasteiger partial charge < -0.3 is 16.0 Å². The molecule has 3 N–H and O–H groups in total. The summed E-state index contributed by atoms with van der Waals surface area (Å²) in [7, 11) is -1.64. The average Bonchev–Trinajstić information content (AvgIpc) is 2.97. The van der Waals surface area contributed by atoms with Crippen LogP contribution in [0.4, 0.5) is 5.00 Å². The first-order valence-corrected chi connectivity index (χ1v) is 11.4. The minimum atomic E-state index is -3.61. The van der Waals surface area contributed by atoms with Crippen LogP contribution in [0, 0.1) is 0 Å². The van der Waals surface area contributed by atoms with Crippen molar-refractivity contribution in [2.24, 2.45) is 5.73 Å². The van der Waals surface area contributed by atoms with Gasteiger partial charge in [-0.3, -0.25) is 9.59 Å². The van der Waals surface area contributed by atoms with Crippen LogP contribution < -0.4 is 11.1 Å². The van der Waals surface area contributed by atoms with Gasteiger partial charge in [-0.15, -0.1) is 11.3 Å². The van der Waals surface area contributed by atoms with E-state index in [2.05, 4.69) is 10.2 Å². The second-order valence-electron chi connectivity index (χ2n) is 6.63. The fourth-order valence-corrected chi connectivity index (χ4v) is 5.77. The summed E-state index contributed by atoms with van der Waals surface area (Å²) in [6, 6.07) is 5.79. The molecule has 0 aliphatic carbocycles. The summed E-state index contributed by atoms with van der Waals surface area (Å²) >= 11 is 7.09. The molecule has 0 saturated carbocycles. The number of nitrogens with two attached hydrogens (primary N) is 1. The molecule has 0 unspecified atom stereocenters. The number of benzene rings is 1. The van der Waals surface area contributed by atoms with E-state index in [0.717, 1.165) is 17.0 Å². The standard InChI is InChI=1S/C18H20ClN3O4S2/c1-22-8-6-13-14(10-22)27-18(16(13)17(20)24)21-15(23)7-9-28(25,26)12-4-2-11(19)3-5-12/h2-5H,6-10H2,1H3,(H2,20,24)(H,21,23). The average molecular weight is 442 g/mol. The fraction of sp³-hybridized carbons (Fsp3) is 0.333. The molecule has 0 saturated heterocycles. The molecule has 0 atom stereocenters. The Morgan fingerprint density at radius 2 is 1.96 bits per heavy atom. The lowest BCUT2D eigenvalue weighted by Crippen LogP contribution is -2.27. The summed E-state index contributed by atoms with van der Waals surface area (Å²) in [5.41, 5.74) is 6.73. The molecular weight excluding hydrogens is 422 g/mol. The highest BCUT2D eigenvalue weighted by molar-refractivity contribution is 7.91. The fourth-order valence-electron chi connectivity index (χ4n) is 3.06. The molecule has 150 valence electrons. The zero-order chi connectivity index (χ0) is 20.5. The Morgan fingerprint density at radius 3 is 2.61 bits per heavy atom. The molecule has 2 heterocycles. The van der Waals surface area contributed by atoms with E-state index in [4.69, 9.17) is 17.3 Å². The molecule has 3 rings (SSSR count). The van der Waals surface area contributed by atoms with E-state index >= 15 is 0 Å². The van der Waals surface area contributed by atoms with Gasteiger partial charge in [0.2, 0.25) is 5.91 Å². The topological polar surface area (TPSA) is 110 Å². The van der Waals surface area contributed by atoms with Crippen molar-refractivity contribution < 1.29 is 18.0 Å². The van der Waals surface area contributed by atoms with Crippen molar-refractivity contribution >= 4 is 49.6 Å². The molecule has 1 aromatic heterocycles. The molecule has 28 heavy (non-hydrogen) atoms. The molecule has 0 radical (unpaired) electrons. The third kappa shape index (κ3) is 4.54. The van der Waals surface area contributed by atoms with Crippen molar-refractivity contribution in [2.45, 2.75) is 24.3 Å². The molecule has 0 fully saturated rings. The van der Waals surface area contributed by atoms with Gasteiger partial charge in [0.05, 0.1) is 16.2 Å². The summed E-state index contributed by atoms with van der Waals surface area (Å²) in [6.45, 7) is 1.48. The van der Waals surface area contributed by atoms with Crippen LogP contribution in [0.2, 0.25) is 5.02 Å². The van der Waals surface area contributed by atoms with Crippen molar-refractivity contribution in [1.29, 1.82) is 0 Å². The van der Waals surface area contributed by atoms with E-state index in [-0.39, 0.29) is 17.1 Å². The van der Waals surface area contributed by atoms with Gasteiger partial charge >= 0.3 is 0 Å². The summed E-state index contributed by atoms with van der Waals surface area (Å²) in [4.78, 5) is 27.5. The Morgan fingerprint density at radius 1 is 1.29 bits per heavy atom. The Labute approximate surface area is 172 Å². The van der Waals surface area contributed by atoms with Crippen molar-refractivity contribution in [3.8, 4) is 0 Å². The second-order valence-corrected chi connectivity index (χ2v) is 10.3. The molecule has 0 bridgehead atoms. The second kappa shape index (κ2) is 8.20. The van der Waals surface area contributed by atoms with Gasteiger partial charge in [-0.25, -0.2) is 8.42 Å². The summed E-state index contributed by atoms with van der Waals surface area (Å²) in [5.74, 6) is -1.42. The van der Waals surface area contributed by atoms with Gasteiger partial charge in [-0.05, 0) is 43.3 Å². The number of nitrogens with one attached hydrogen (secondary N) is 1. The minimum absolute atomic E-state index is 0.108. The highest BCUT2D eigenvalue weighted by atomic mass is 35.5. The van der Waals surface area contributed by atoms with Crippen LogP contribution in [0.5, 0.6) is 0 Å². The van der Waals surface area contributed by atoms with Crippen LogP contribution in [0.15, 0.2) is 29.2 Å². The Kier molecular flexibility index (Phi) is 6.09. The molecule has 1 aliphatic rings. The summed E-state index contributed by atoms with van der Waals surface area (Å²) in [6.07, 6.45) is 0.451. The minimum Gasteiger partial charge on any atom is -0.365 e. The maximum atomic E-state index is 12.4. The van der Waals surface area contributed by atoms with Crippen LogP contribution in [0.25, 0.3) is 0 Å². The molecule has 0 spiro atoms. The van der Waals surface area contributed by atoms with Gasteiger partial charge in [0.1, 0.15) is 5.00 Å². The van der Waals surface area contributed by atoms with Gasteiger partial charge in [-0.1, -0.05) is 11.6 Å². The normalized spacial score (nSPS) is 14.5. The van der Waals surface area contributed by atoms with Crippen LogP contribution in [0.1, 0.15) is 27.2 Å². The van der Waals surface area contributed by atoms with Gasteiger partial charge in [0, 0.05) is 29.4 Å². The number of rotatable bonds is 6. The SMILES string of the molecule is CN1CCc2c(sc(NC(=O)CCS(=O)(=O)c3ccc(Cl)cc3)c2C(N)=O)C1. The van der Waals surface area contributed by atoms with Crippen LogP contribution in [-0.2, 0) is 27.6 Å². The van der Waals surface area contributed by atoms with E-state index in [1.807, 2.05) is 7.05 Å². The number of fused-ring (bicyclic) bond motifs is 1. The first-order chi connectivity index (χ1) is 13.2. The van der Waals surface area contributed by atoms with E-state index in [1.165, 1.54) is 35.6 Å². The first-order valence-electron chi connectivity index (χ1n) is 8.58. The number of anilines is 1. The Hall–Kier alpha value is -1.94. The van der Waals surface area contributed by atoms with Crippen LogP contribution in [0.3, 0.4) is 0 Å². The first kappa shape index (κ1) is 20.8. The lowest BCUT2D eigenvalue weighted by atomic mass is 10.0. The van der Waals surface area contributed by atoms with Crippen molar-refractivity contribution in [1.82, 2.24) is 4.90 Å². The molecule has 10 heteroatoms. The lowest BCUT2D eigenvalue weighted by molar-refractivity contribution is -0.115. The van der Waals surface area contributed by atoms with Crippen molar-refractivity contribution in [3.63, 3.8) is 0 Å². The number of halogens is 1. The van der Waals surface area contributed by atoms with Crippen LogP contribution >= 0.6 is 22.9 Å². The van der Waals surface area contributed by atoms with E-state index in [9.17, 15) is 18.0 Å². The number of thiophene rings is 1. The van der Waals surface area contributed by atoms with Crippen molar-refractivity contribution in [3.05, 3.63) is 45.3 Å². The zero-order valence-electron chi connectivity index (χ0n) is 15.2. The van der Waals surface area contributed by atoms with E-state index in [1.54, 1.807) is 0 Å². The van der Waals surface area contributed by atoms with E-state index < -0.39 is 21.7 Å². The largest absolute Gasteiger partial charge is 0.365 e. The summed E-state index contributed by atoms with van der Waals surface area (Å²) < 4.78 is 24.7.